The van der Waals surface area contributed by atoms with Crippen LogP contribution in [-0.2, 0) is 0 Å². The highest BCUT2D eigenvalue weighted by Crippen LogP contribution is 2.40. The van der Waals surface area contributed by atoms with Gasteiger partial charge in [-0.05, 0) is 23.8 Å². The highest BCUT2D eigenvalue weighted by Gasteiger charge is 2.26. The Morgan fingerprint density at radius 1 is 1.11 bits per heavy atom. The molecule has 1 aliphatic heterocycles. The summed E-state index contributed by atoms with van der Waals surface area (Å²) in [4.78, 5) is 0. The van der Waals surface area contributed by atoms with Gasteiger partial charge in [0.05, 0.1) is 0 Å². The molecular weight excluding hydrogens is 290 g/mol. The third-order valence-corrected chi connectivity index (χ3v) is 3.77. The third-order valence-electron chi connectivity index (χ3n) is 3.28. The zero-order chi connectivity index (χ0) is 12.5. The lowest BCUT2D eigenvalue weighted by Crippen LogP contribution is -2.24. The second-order valence-corrected chi connectivity index (χ2v) is 5.46. The fourth-order valence-corrected chi connectivity index (χ4v) is 2.73. The molecule has 1 heterocycles. The maximum Gasteiger partial charge on any atom is 0.126 e. The van der Waals surface area contributed by atoms with E-state index in [1.807, 2.05) is 36.4 Å². The Balaban J connectivity index is 1.95. The number of hydrogen-bond donors (Lipinski definition) is 1. The summed E-state index contributed by atoms with van der Waals surface area (Å²) in [6.45, 7) is 0. The maximum atomic E-state index is 6.24. The lowest BCUT2D eigenvalue weighted by Gasteiger charge is -2.30. The van der Waals surface area contributed by atoms with Crippen molar-refractivity contribution < 1.29 is 4.74 Å². The number of halogens is 1. The summed E-state index contributed by atoms with van der Waals surface area (Å²) in [5.74, 6) is 0.894. The van der Waals surface area contributed by atoms with Crippen molar-refractivity contribution in [2.75, 3.05) is 0 Å². The Bertz CT molecular complexity index is 556. The summed E-state index contributed by atoms with van der Waals surface area (Å²) < 4.78 is 7.08. The van der Waals surface area contributed by atoms with Gasteiger partial charge >= 0.3 is 0 Å². The van der Waals surface area contributed by atoms with Gasteiger partial charge in [-0.2, -0.15) is 0 Å². The van der Waals surface area contributed by atoms with Crippen LogP contribution in [0.4, 0.5) is 0 Å². The van der Waals surface area contributed by atoms with E-state index in [0.717, 1.165) is 22.2 Å². The molecule has 0 saturated carbocycles. The highest BCUT2D eigenvalue weighted by molar-refractivity contribution is 9.10. The van der Waals surface area contributed by atoms with Crippen LogP contribution in [0, 0.1) is 0 Å². The van der Waals surface area contributed by atoms with E-state index in [-0.39, 0.29) is 12.1 Å². The van der Waals surface area contributed by atoms with Gasteiger partial charge in [0, 0.05) is 22.5 Å². The van der Waals surface area contributed by atoms with Crippen LogP contribution in [0.1, 0.15) is 29.7 Å². The first-order chi connectivity index (χ1) is 8.74. The fraction of sp³-hybridized carbons (Fsp3) is 0.200. The summed E-state index contributed by atoms with van der Waals surface area (Å²) in [5, 5.41) is 0. The van der Waals surface area contributed by atoms with E-state index in [0.29, 0.717) is 0 Å². The minimum Gasteiger partial charge on any atom is -0.485 e. The molecule has 0 aromatic heterocycles. The van der Waals surface area contributed by atoms with Crippen molar-refractivity contribution in [1.29, 1.82) is 0 Å². The van der Waals surface area contributed by atoms with Crippen LogP contribution in [0.3, 0.4) is 0 Å². The molecular formula is C15H14BrNO. The minimum atomic E-state index is 0.0245. The molecule has 0 amide bonds. The van der Waals surface area contributed by atoms with Crippen LogP contribution >= 0.6 is 15.9 Å². The molecule has 3 rings (SSSR count). The van der Waals surface area contributed by atoms with Crippen molar-refractivity contribution in [3.63, 3.8) is 0 Å². The maximum absolute atomic E-state index is 6.24. The summed E-state index contributed by atoms with van der Waals surface area (Å²) in [6.07, 6.45) is 0.864. The number of rotatable bonds is 1. The Morgan fingerprint density at radius 2 is 1.89 bits per heavy atom. The zero-order valence-electron chi connectivity index (χ0n) is 9.84. The molecule has 2 atom stereocenters. The molecule has 0 fully saturated rings. The van der Waals surface area contributed by atoms with Gasteiger partial charge in [-0.25, -0.2) is 0 Å². The quantitative estimate of drug-likeness (QED) is 0.865. The van der Waals surface area contributed by atoms with Crippen molar-refractivity contribution in [3.8, 4) is 5.75 Å². The van der Waals surface area contributed by atoms with Crippen molar-refractivity contribution in [2.45, 2.75) is 18.6 Å². The van der Waals surface area contributed by atoms with Gasteiger partial charge in [0.25, 0.3) is 0 Å². The monoisotopic (exact) mass is 303 g/mol. The van der Waals surface area contributed by atoms with Crippen LogP contribution in [0.2, 0.25) is 0 Å². The smallest absolute Gasteiger partial charge is 0.126 e. The fourth-order valence-electron chi connectivity index (χ4n) is 2.35. The molecule has 92 valence electrons. The van der Waals surface area contributed by atoms with E-state index in [9.17, 15) is 0 Å². The van der Waals surface area contributed by atoms with Crippen LogP contribution < -0.4 is 10.5 Å². The van der Waals surface area contributed by atoms with E-state index >= 15 is 0 Å². The predicted molar refractivity (Wildman–Crippen MR) is 75.5 cm³/mol. The Labute approximate surface area is 115 Å². The van der Waals surface area contributed by atoms with Gasteiger partial charge in [0.15, 0.2) is 0 Å². The standard InChI is InChI=1S/C15H14BrNO/c16-11-6-7-14-12(8-11)13(17)9-15(18-14)10-4-2-1-3-5-10/h1-8,13,15H,9,17H2/t13-,15?/m0/s1. The highest BCUT2D eigenvalue weighted by atomic mass is 79.9. The third kappa shape index (κ3) is 2.16. The van der Waals surface area contributed by atoms with Crippen molar-refractivity contribution in [1.82, 2.24) is 0 Å². The topological polar surface area (TPSA) is 35.2 Å². The van der Waals surface area contributed by atoms with Crippen molar-refractivity contribution >= 4 is 15.9 Å². The molecule has 0 aliphatic carbocycles. The molecule has 1 unspecified atom stereocenters. The molecule has 2 aromatic carbocycles. The number of hydrogen-bond acceptors (Lipinski definition) is 2. The average molecular weight is 304 g/mol. The molecule has 18 heavy (non-hydrogen) atoms. The molecule has 2 aromatic rings. The summed E-state index contributed by atoms with van der Waals surface area (Å²) >= 11 is 3.47. The number of fused-ring (bicyclic) bond motifs is 1. The molecule has 0 saturated heterocycles. The van der Waals surface area contributed by atoms with Gasteiger partial charge in [0.2, 0.25) is 0 Å². The normalized spacial score (nSPS) is 22.1. The lowest BCUT2D eigenvalue weighted by atomic mass is 9.94. The molecule has 2 nitrogen and oxygen atoms in total. The van der Waals surface area contributed by atoms with Gasteiger partial charge in [-0.15, -0.1) is 0 Å². The molecule has 2 N–H and O–H groups in total. The zero-order valence-corrected chi connectivity index (χ0v) is 11.4. The minimum absolute atomic E-state index is 0.0245. The van der Waals surface area contributed by atoms with Gasteiger partial charge < -0.3 is 10.5 Å². The number of benzene rings is 2. The van der Waals surface area contributed by atoms with E-state index in [1.54, 1.807) is 0 Å². The second-order valence-electron chi connectivity index (χ2n) is 4.54. The van der Waals surface area contributed by atoms with Crippen LogP contribution in [0.25, 0.3) is 0 Å². The van der Waals surface area contributed by atoms with Gasteiger partial charge in [0.1, 0.15) is 11.9 Å². The van der Waals surface area contributed by atoms with Gasteiger partial charge in [-0.3, -0.25) is 0 Å². The van der Waals surface area contributed by atoms with E-state index in [1.165, 1.54) is 5.56 Å². The molecule has 3 heteroatoms. The van der Waals surface area contributed by atoms with Gasteiger partial charge in [-0.1, -0.05) is 46.3 Å². The van der Waals surface area contributed by atoms with Crippen molar-refractivity contribution in [3.05, 3.63) is 64.1 Å². The predicted octanol–water partition coefficient (Wildman–Crippen LogP) is 3.97. The molecule has 0 radical (unpaired) electrons. The molecule has 0 spiro atoms. The van der Waals surface area contributed by atoms with Crippen LogP contribution in [0.15, 0.2) is 53.0 Å². The first kappa shape index (κ1) is 11.8. The van der Waals surface area contributed by atoms with E-state index in [2.05, 4.69) is 28.1 Å². The average Bonchev–Trinajstić information content (AvgIpc) is 2.40. The summed E-state index contributed by atoms with van der Waals surface area (Å²) in [7, 11) is 0. The first-order valence-corrected chi connectivity index (χ1v) is 6.80. The first-order valence-electron chi connectivity index (χ1n) is 6.00. The van der Waals surface area contributed by atoms with E-state index in [4.69, 9.17) is 10.5 Å². The lowest BCUT2D eigenvalue weighted by molar-refractivity contribution is 0.161. The Hall–Kier alpha value is -1.32. The molecule has 0 bridgehead atoms. The van der Waals surface area contributed by atoms with Crippen molar-refractivity contribution in [2.24, 2.45) is 5.73 Å². The van der Waals surface area contributed by atoms with Crippen LogP contribution in [-0.4, -0.2) is 0 Å². The SMILES string of the molecule is N[C@H]1CC(c2ccccc2)Oc2ccc(Br)cc21. The number of ether oxygens (including phenoxy) is 1. The Kier molecular flexibility index (Phi) is 3.10. The largest absolute Gasteiger partial charge is 0.485 e. The number of nitrogens with two attached hydrogens (primary N) is 1. The van der Waals surface area contributed by atoms with Crippen LogP contribution in [0.5, 0.6) is 5.75 Å². The molecule has 1 aliphatic rings. The van der Waals surface area contributed by atoms with E-state index < -0.39 is 0 Å². The Morgan fingerprint density at radius 3 is 2.67 bits per heavy atom. The summed E-state index contributed by atoms with van der Waals surface area (Å²) in [6, 6.07) is 16.3. The second kappa shape index (κ2) is 4.75. The summed E-state index contributed by atoms with van der Waals surface area (Å²) in [5.41, 5.74) is 8.50.